The van der Waals surface area contributed by atoms with Crippen molar-refractivity contribution in [3.8, 4) is 11.5 Å². The second-order valence-corrected chi connectivity index (χ2v) is 6.16. The van der Waals surface area contributed by atoms with Crippen molar-refractivity contribution in [1.82, 2.24) is 10.6 Å². The van der Waals surface area contributed by atoms with Crippen LogP contribution in [0.4, 0.5) is 13.6 Å². The van der Waals surface area contributed by atoms with Crippen molar-refractivity contribution < 1.29 is 23.0 Å². The lowest BCUT2D eigenvalue weighted by Gasteiger charge is -2.15. The third-order valence-corrected chi connectivity index (χ3v) is 3.50. The smallest absolute Gasteiger partial charge is 0.315 e. The second-order valence-electron chi connectivity index (χ2n) is 6.16. The first-order valence-corrected chi connectivity index (χ1v) is 8.70. The van der Waals surface area contributed by atoms with E-state index in [-0.39, 0.29) is 18.7 Å². The number of carbonyl (C=O) groups excluding carboxylic acids is 1. The first-order valence-electron chi connectivity index (χ1n) is 8.70. The van der Waals surface area contributed by atoms with E-state index in [4.69, 9.17) is 9.47 Å². The number of alkyl halides is 2. The van der Waals surface area contributed by atoms with E-state index in [9.17, 15) is 13.6 Å². The molecule has 146 valence electrons. The highest BCUT2D eigenvalue weighted by Crippen LogP contribution is 2.19. The van der Waals surface area contributed by atoms with Gasteiger partial charge in [-0.3, -0.25) is 0 Å². The molecule has 27 heavy (non-hydrogen) atoms. The highest BCUT2D eigenvalue weighted by molar-refractivity contribution is 5.73. The number of benzene rings is 2. The summed E-state index contributed by atoms with van der Waals surface area (Å²) < 4.78 is 35.1. The van der Waals surface area contributed by atoms with Gasteiger partial charge in [-0.2, -0.15) is 0 Å². The van der Waals surface area contributed by atoms with E-state index in [0.29, 0.717) is 12.3 Å². The number of carbonyl (C=O) groups is 1. The molecule has 0 saturated carbocycles. The van der Waals surface area contributed by atoms with Gasteiger partial charge in [0.2, 0.25) is 0 Å². The summed E-state index contributed by atoms with van der Waals surface area (Å²) in [4.78, 5) is 12.0. The normalized spacial score (nSPS) is 10.7. The quantitative estimate of drug-likeness (QED) is 0.690. The van der Waals surface area contributed by atoms with Gasteiger partial charge < -0.3 is 20.1 Å². The first kappa shape index (κ1) is 20.5. The van der Waals surface area contributed by atoms with Crippen LogP contribution in [0.5, 0.6) is 11.5 Å². The topological polar surface area (TPSA) is 59.6 Å². The highest BCUT2D eigenvalue weighted by Gasteiger charge is 2.08. The molecule has 0 aliphatic rings. The molecule has 2 aromatic rings. The summed E-state index contributed by atoms with van der Waals surface area (Å²) in [5.74, 6) is 1.08. The standard InChI is InChI=1S/C20H24F2N2O3/c1-14(2)27-18-9-4-3-7-16(18)12-24-20(25)23-11-15-6-5-8-17(10-15)26-13-19(21)22/h3-10,14,19H,11-13H2,1-2H3,(H2,23,24,25). The Morgan fingerprint density at radius 1 is 1.04 bits per heavy atom. The lowest BCUT2D eigenvalue weighted by Crippen LogP contribution is -2.34. The van der Waals surface area contributed by atoms with E-state index in [1.165, 1.54) is 0 Å². The van der Waals surface area contributed by atoms with Gasteiger partial charge in [0.15, 0.2) is 0 Å². The maximum absolute atomic E-state index is 12.2. The van der Waals surface area contributed by atoms with Crippen LogP contribution in [0.2, 0.25) is 0 Å². The summed E-state index contributed by atoms with van der Waals surface area (Å²) in [5, 5.41) is 5.50. The number of para-hydroxylation sites is 1. The van der Waals surface area contributed by atoms with Crippen molar-refractivity contribution >= 4 is 6.03 Å². The molecule has 5 nitrogen and oxygen atoms in total. The minimum absolute atomic E-state index is 0.0412. The Kier molecular flexibility index (Phi) is 7.85. The molecule has 2 aromatic carbocycles. The minimum Gasteiger partial charge on any atom is -0.491 e. The zero-order valence-electron chi connectivity index (χ0n) is 15.4. The molecule has 0 bridgehead atoms. The predicted octanol–water partition coefficient (Wildman–Crippen LogP) is 4.12. The number of halogens is 2. The largest absolute Gasteiger partial charge is 0.491 e. The SMILES string of the molecule is CC(C)Oc1ccccc1CNC(=O)NCc1cccc(OCC(F)F)c1. The molecule has 0 spiro atoms. The molecule has 0 heterocycles. The number of urea groups is 1. The molecule has 0 saturated heterocycles. The number of amides is 2. The molecule has 0 atom stereocenters. The van der Waals surface area contributed by atoms with E-state index in [0.717, 1.165) is 16.9 Å². The van der Waals surface area contributed by atoms with Crippen molar-refractivity contribution in [3.05, 3.63) is 59.7 Å². The number of hydrogen-bond donors (Lipinski definition) is 2. The maximum atomic E-state index is 12.2. The van der Waals surface area contributed by atoms with Gasteiger partial charge in [-0.25, -0.2) is 13.6 Å². The van der Waals surface area contributed by atoms with E-state index in [1.807, 2.05) is 38.1 Å². The predicted molar refractivity (Wildman–Crippen MR) is 99.2 cm³/mol. The van der Waals surface area contributed by atoms with Gasteiger partial charge in [-0.15, -0.1) is 0 Å². The van der Waals surface area contributed by atoms with Crippen LogP contribution in [-0.2, 0) is 13.1 Å². The Bertz CT molecular complexity index is 739. The van der Waals surface area contributed by atoms with Crippen molar-refractivity contribution in [1.29, 1.82) is 0 Å². The summed E-state index contributed by atoms with van der Waals surface area (Å²) in [6.45, 7) is 3.80. The van der Waals surface area contributed by atoms with Gasteiger partial charge in [0.05, 0.1) is 6.10 Å². The fourth-order valence-corrected chi connectivity index (χ4v) is 2.34. The summed E-state index contributed by atoms with van der Waals surface area (Å²) in [6.07, 6.45) is -2.49. The minimum atomic E-state index is -2.53. The van der Waals surface area contributed by atoms with Crippen LogP contribution in [0.1, 0.15) is 25.0 Å². The van der Waals surface area contributed by atoms with Crippen LogP contribution < -0.4 is 20.1 Å². The molecule has 0 aromatic heterocycles. The van der Waals surface area contributed by atoms with E-state index >= 15 is 0 Å². The molecule has 2 rings (SSSR count). The number of nitrogens with one attached hydrogen (secondary N) is 2. The fraction of sp³-hybridized carbons (Fsp3) is 0.350. The average molecular weight is 378 g/mol. The highest BCUT2D eigenvalue weighted by atomic mass is 19.3. The maximum Gasteiger partial charge on any atom is 0.315 e. The van der Waals surface area contributed by atoms with Gasteiger partial charge in [0.1, 0.15) is 18.1 Å². The molecule has 2 N–H and O–H groups in total. The summed E-state index contributed by atoms with van der Waals surface area (Å²) in [5.41, 5.74) is 1.63. The van der Waals surface area contributed by atoms with Gasteiger partial charge >= 0.3 is 6.03 Å². The average Bonchev–Trinajstić information content (AvgIpc) is 2.64. The Balaban J connectivity index is 1.82. The Morgan fingerprint density at radius 2 is 1.78 bits per heavy atom. The third-order valence-electron chi connectivity index (χ3n) is 3.50. The molecule has 2 amide bonds. The summed E-state index contributed by atoms with van der Waals surface area (Å²) in [6, 6.07) is 13.9. The monoisotopic (exact) mass is 378 g/mol. The van der Waals surface area contributed by atoms with Crippen molar-refractivity contribution in [2.75, 3.05) is 6.61 Å². The van der Waals surface area contributed by atoms with Crippen LogP contribution in [-0.4, -0.2) is 25.2 Å². The lowest BCUT2D eigenvalue weighted by molar-refractivity contribution is 0.0818. The lowest BCUT2D eigenvalue weighted by atomic mass is 10.2. The second kappa shape index (κ2) is 10.4. The zero-order valence-corrected chi connectivity index (χ0v) is 15.4. The summed E-state index contributed by atoms with van der Waals surface area (Å²) >= 11 is 0. The van der Waals surface area contributed by atoms with Gasteiger partial charge in [-0.05, 0) is 37.6 Å². The van der Waals surface area contributed by atoms with Gasteiger partial charge in [0, 0.05) is 18.7 Å². The van der Waals surface area contributed by atoms with Crippen molar-refractivity contribution in [3.63, 3.8) is 0 Å². The molecule has 0 unspecified atom stereocenters. The Hall–Kier alpha value is -2.83. The Morgan fingerprint density at radius 3 is 2.52 bits per heavy atom. The number of ether oxygens (including phenoxy) is 2. The van der Waals surface area contributed by atoms with Crippen molar-refractivity contribution in [2.24, 2.45) is 0 Å². The molecule has 0 radical (unpaired) electrons. The van der Waals surface area contributed by atoms with Gasteiger partial charge in [0.25, 0.3) is 6.43 Å². The zero-order chi connectivity index (χ0) is 19.6. The molecule has 7 heteroatoms. The van der Waals surface area contributed by atoms with E-state index in [1.54, 1.807) is 24.3 Å². The fourth-order valence-electron chi connectivity index (χ4n) is 2.34. The van der Waals surface area contributed by atoms with Gasteiger partial charge in [-0.1, -0.05) is 30.3 Å². The molecular weight excluding hydrogens is 354 g/mol. The molecule has 0 aliphatic carbocycles. The van der Waals surface area contributed by atoms with Crippen LogP contribution in [0.3, 0.4) is 0 Å². The van der Waals surface area contributed by atoms with Crippen LogP contribution in [0.15, 0.2) is 48.5 Å². The first-order chi connectivity index (χ1) is 12.9. The molecular formula is C20H24F2N2O3. The van der Waals surface area contributed by atoms with Crippen LogP contribution in [0, 0.1) is 0 Å². The molecule has 0 fully saturated rings. The van der Waals surface area contributed by atoms with Crippen LogP contribution >= 0.6 is 0 Å². The third kappa shape index (κ3) is 7.52. The van der Waals surface area contributed by atoms with Crippen LogP contribution in [0.25, 0.3) is 0 Å². The van der Waals surface area contributed by atoms with Crippen molar-refractivity contribution in [2.45, 2.75) is 39.5 Å². The number of rotatable bonds is 9. The Labute approximate surface area is 157 Å². The van der Waals surface area contributed by atoms with E-state index in [2.05, 4.69) is 10.6 Å². The molecule has 0 aliphatic heterocycles. The summed E-state index contributed by atoms with van der Waals surface area (Å²) in [7, 11) is 0. The van der Waals surface area contributed by atoms with E-state index < -0.39 is 13.0 Å². The number of hydrogen-bond acceptors (Lipinski definition) is 3.